The summed E-state index contributed by atoms with van der Waals surface area (Å²) >= 11 is 1.69. The third kappa shape index (κ3) is 2.19. The summed E-state index contributed by atoms with van der Waals surface area (Å²) in [5.41, 5.74) is 0.633. The van der Waals surface area contributed by atoms with Gasteiger partial charge in [-0.2, -0.15) is 0 Å². The van der Waals surface area contributed by atoms with Crippen molar-refractivity contribution < 1.29 is 4.79 Å². The Balaban J connectivity index is 3.09. The minimum absolute atomic E-state index is 0.245. The predicted molar refractivity (Wildman–Crippen MR) is 57.6 cm³/mol. The highest BCUT2D eigenvalue weighted by atomic mass is 32.1. The Bertz CT molecular complexity index is 328. The molecule has 0 aromatic carbocycles. The second-order valence-electron chi connectivity index (χ2n) is 4.41. The van der Waals surface area contributed by atoms with Crippen molar-refractivity contribution in [2.24, 2.45) is 5.41 Å². The van der Waals surface area contributed by atoms with Crippen LogP contribution < -0.4 is 0 Å². The fourth-order valence-corrected chi connectivity index (χ4v) is 2.18. The molecule has 0 atom stereocenters. The molecule has 0 aliphatic carbocycles. The Morgan fingerprint density at radius 3 is 2.15 bits per heavy atom. The maximum Gasteiger partial charge on any atom is 0.169 e. The van der Waals surface area contributed by atoms with E-state index in [2.05, 4.69) is 0 Å². The van der Waals surface area contributed by atoms with Crippen molar-refractivity contribution in [3.8, 4) is 0 Å². The molecular formula is C11H16OS. The molecule has 2 heteroatoms. The second-order valence-corrected chi connectivity index (χ2v) is 5.87. The molecule has 0 spiro atoms. The number of hydrogen-bond acceptors (Lipinski definition) is 2. The van der Waals surface area contributed by atoms with Crippen molar-refractivity contribution in [3.05, 3.63) is 21.4 Å². The maximum absolute atomic E-state index is 11.9. The number of carbonyl (C=O) groups excluding carboxylic acids is 1. The Morgan fingerprint density at radius 1 is 1.31 bits per heavy atom. The number of aryl methyl sites for hydroxylation is 2. The van der Waals surface area contributed by atoms with Gasteiger partial charge in [-0.05, 0) is 19.9 Å². The van der Waals surface area contributed by atoms with Crippen LogP contribution in [0, 0.1) is 19.3 Å². The van der Waals surface area contributed by atoms with Crippen LogP contribution in [0.3, 0.4) is 0 Å². The summed E-state index contributed by atoms with van der Waals surface area (Å²) in [6.45, 7) is 9.93. The second kappa shape index (κ2) is 3.26. The molecule has 0 saturated carbocycles. The summed E-state index contributed by atoms with van der Waals surface area (Å²) in [5.74, 6) is 0.245. The maximum atomic E-state index is 11.9. The quantitative estimate of drug-likeness (QED) is 0.627. The van der Waals surface area contributed by atoms with E-state index >= 15 is 0 Å². The molecule has 1 heterocycles. The highest BCUT2D eigenvalue weighted by molar-refractivity contribution is 7.12. The first-order chi connectivity index (χ1) is 5.82. The number of carbonyl (C=O) groups is 1. The van der Waals surface area contributed by atoms with Crippen molar-refractivity contribution in [1.82, 2.24) is 0 Å². The van der Waals surface area contributed by atoms with Crippen LogP contribution in [-0.2, 0) is 0 Å². The number of thiophene rings is 1. The summed E-state index contributed by atoms with van der Waals surface area (Å²) in [5, 5.41) is 0. The fourth-order valence-electron chi connectivity index (χ4n) is 1.26. The first-order valence-corrected chi connectivity index (χ1v) is 5.26. The third-order valence-corrected chi connectivity index (χ3v) is 2.93. The summed E-state index contributed by atoms with van der Waals surface area (Å²) in [7, 11) is 0. The van der Waals surface area contributed by atoms with Crippen LogP contribution in [0.15, 0.2) is 6.07 Å². The highest BCUT2D eigenvalue weighted by Gasteiger charge is 2.25. The molecule has 0 aliphatic heterocycles. The zero-order valence-electron chi connectivity index (χ0n) is 8.89. The number of rotatable bonds is 1. The Kier molecular flexibility index (Phi) is 2.62. The summed E-state index contributed by atoms with van der Waals surface area (Å²) in [4.78, 5) is 14.3. The topological polar surface area (TPSA) is 17.1 Å². The molecule has 0 amide bonds. The molecule has 72 valence electrons. The molecule has 0 fully saturated rings. The van der Waals surface area contributed by atoms with Gasteiger partial charge in [-0.3, -0.25) is 4.79 Å². The van der Waals surface area contributed by atoms with Crippen LogP contribution in [0.1, 0.15) is 40.9 Å². The van der Waals surface area contributed by atoms with Gasteiger partial charge in [0.05, 0.1) is 0 Å². The standard InChI is InChI=1S/C11H16OS/c1-7-6-9(8(2)13-7)10(12)11(3,4)5/h6H,1-5H3. The van der Waals surface area contributed by atoms with Crippen molar-refractivity contribution >= 4 is 17.1 Å². The van der Waals surface area contributed by atoms with Crippen molar-refractivity contribution in [2.45, 2.75) is 34.6 Å². The van der Waals surface area contributed by atoms with E-state index in [-0.39, 0.29) is 11.2 Å². The summed E-state index contributed by atoms with van der Waals surface area (Å²) < 4.78 is 0. The monoisotopic (exact) mass is 196 g/mol. The normalized spacial score (nSPS) is 11.8. The molecule has 0 saturated heterocycles. The van der Waals surface area contributed by atoms with E-state index in [1.165, 1.54) is 4.88 Å². The molecule has 1 aromatic heterocycles. The van der Waals surface area contributed by atoms with E-state index in [0.29, 0.717) is 0 Å². The SMILES string of the molecule is Cc1cc(C(=O)C(C)(C)C)c(C)s1. The van der Waals surface area contributed by atoms with Gasteiger partial charge in [0.25, 0.3) is 0 Å². The van der Waals surface area contributed by atoms with Gasteiger partial charge in [-0.15, -0.1) is 11.3 Å². The fraction of sp³-hybridized carbons (Fsp3) is 0.545. The zero-order chi connectivity index (χ0) is 10.2. The number of Topliss-reactive ketones (excluding diaryl/α,β-unsaturated/α-hetero) is 1. The predicted octanol–water partition coefficient (Wildman–Crippen LogP) is 3.59. The lowest BCUT2D eigenvalue weighted by atomic mass is 9.87. The smallest absolute Gasteiger partial charge is 0.169 e. The molecule has 0 aliphatic rings. The Morgan fingerprint density at radius 2 is 1.85 bits per heavy atom. The summed E-state index contributed by atoms with van der Waals surface area (Å²) in [6.07, 6.45) is 0. The highest BCUT2D eigenvalue weighted by Crippen LogP contribution is 2.27. The van der Waals surface area contributed by atoms with Crippen LogP contribution in [0.5, 0.6) is 0 Å². The average molecular weight is 196 g/mol. The van der Waals surface area contributed by atoms with E-state index in [4.69, 9.17) is 0 Å². The molecule has 0 bridgehead atoms. The molecule has 0 N–H and O–H groups in total. The molecule has 1 rings (SSSR count). The molecular weight excluding hydrogens is 180 g/mol. The minimum atomic E-state index is -0.266. The number of hydrogen-bond donors (Lipinski definition) is 0. The Hall–Kier alpha value is -0.630. The average Bonchev–Trinajstić information content (AvgIpc) is 2.26. The van der Waals surface area contributed by atoms with Crippen LogP contribution in [0.25, 0.3) is 0 Å². The zero-order valence-corrected chi connectivity index (χ0v) is 9.71. The lowest BCUT2D eigenvalue weighted by molar-refractivity contribution is 0.0858. The molecule has 1 nitrogen and oxygen atoms in total. The van der Waals surface area contributed by atoms with Gasteiger partial charge in [0, 0.05) is 20.7 Å². The van der Waals surface area contributed by atoms with Gasteiger partial charge in [0.1, 0.15) is 0 Å². The van der Waals surface area contributed by atoms with Gasteiger partial charge < -0.3 is 0 Å². The number of ketones is 1. The molecule has 0 unspecified atom stereocenters. The Labute approximate surface area is 83.8 Å². The lowest BCUT2D eigenvalue weighted by Gasteiger charge is -2.15. The minimum Gasteiger partial charge on any atom is -0.294 e. The summed E-state index contributed by atoms with van der Waals surface area (Å²) in [6, 6.07) is 1.99. The molecule has 13 heavy (non-hydrogen) atoms. The molecule has 0 radical (unpaired) electrons. The van der Waals surface area contributed by atoms with E-state index in [1.807, 2.05) is 40.7 Å². The lowest BCUT2D eigenvalue weighted by Crippen LogP contribution is -2.20. The van der Waals surface area contributed by atoms with Crippen molar-refractivity contribution in [3.63, 3.8) is 0 Å². The van der Waals surface area contributed by atoms with Gasteiger partial charge in [0.2, 0.25) is 0 Å². The van der Waals surface area contributed by atoms with Gasteiger partial charge in [-0.1, -0.05) is 20.8 Å². The van der Waals surface area contributed by atoms with Crippen molar-refractivity contribution in [1.29, 1.82) is 0 Å². The van der Waals surface area contributed by atoms with Crippen LogP contribution >= 0.6 is 11.3 Å². The van der Waals surface area contributed by atoms with Gasteiger partial charge in [0.15, 0.2) is 5.78 Å². The first kappa shape index (κ1) is 10.5. The first-order valence-electron chi connectivity index (χ1n) is 4.44. The van der Waals surface area contributed by atoms with Crippen molar-refractivity contribution in [2.75, 3.05) is 0 Å². The van der Waals surface area contributed by atoms with Crippen LogP contribution in [0.2, 0.25) is 0 Å². The largest absolute Gasteiger partial charge is 0.294 e. The van der Waals surface area contributed by atoms with E-state index in [9.17, 15) is 4.79 Å². The van der Waals surface area contributed by atoms with Crippen LogP contribution in [-0.4, -0.2) is 5.78 Å². The van der Waals surface area contributed by atoms with Crippen LogP contribution in [0.4, 0.5) is 0 Å². The van der Waals surface area contributed by atoms with Gasteiger partial charge >= 0.3 is 0 Å². The third-order valence-electron chi connectivity index (χ3n) is 1.97. The van der Waals surface area contributed by atoms with Gasteiger partial charge in [-0.25, -0.2) is 0 Å². The molecule has 1 aromatic rings. The van der Waals surface area contributed by atoms with E-state index in [1.54, 1.807) is 11.3 Å². The van der Waals surface area contributed by atoms with E-state index in [0.717, 1.165) is 10.4 Å². The van der Waals surface area contributed by atoms with E-state index < -0.39 is 0 Å².